The van der Waals surface area contributed by atoms with E-state index in [0.717, 1.165) is 27.8 Å². The average molecular weight is 459 g/mol. The van der Waals surface area contributed by atoms with Gasteiger partial charge in [0.2, 0.25) is 5.91 Å². The van der Waals surface area contributed by atoms with E-state index in [4.69, 9.17) is 4.74 Å². The monoisotopic (exact) mass is 458 g/mol. The van der Waals surface area contributed by atoms with Crippen LogP contribution >= 0.6 is 0 Å². The molecule has 34 heavy (non-hydrogen) atoms. The summed E-state index contributed by atoms with van der Waals surface area (Å²) >= 11 is 0. The average Bonchev–Trinajstić information content (AvgIpc) is 2.82. The van der Waals surface area contributed by atoms with Crippen molar-refractivity contribution in [2.24, 2.45) is 0 Å². The number of nitrogens with one attached hydrogen (secondary N) is 1. The maximum Gasteiger partial charge on any atom is 0.261 e. The summed E-state index contributed by atoms with van der Waals surface area (Å²) in [6, 6.07) is 23.1. The van der Waals surface area contributed by atoms with Crippen molar-refractivity contribution in [3.63, 3.8) is 0 Å². The first kappa shape index (κ1) is 25.0. The van der Waals surface area contributed by atoms with Crippen molar-refractivity contribution in [2.75, 3.05) is 13.2 Å². The maximum absolute atomic E-state index is 13.6. The lowest BCUT2D eigenvalue weighted by molar-refractivity contribution is -0.142. The van der Waals surface area contributed by atoms with E-state index < -0.39 is 6.04 Å². The van der Waals surface area contributed by atoms with E-state index in [1.807, 2.05) is 100 Å². The Morgan fingerprint density at radius 3 is 2.29 bits per heavy atom. The molecule has 3 aromatic rings. The molecule has 0 saturated carbocycles. The van der Waals surface area contributed by atoms with Crippen molar-refractivity contribution in [1.82, 2.24) is 10.2 Å². The lowest BCUT2D eigenvalue weighted by Crippen LogP contribution is -2.51. The molecule has 0 radical (unpaired) electrons. The van der Waals surface area contributed by atoms with Crippen LogP contribution in [0, 0.1) is 20.8 Å². The molecule has 1 atom stereocenters. The van der Waals surface area contributed by atoms with Crippen LogP contribution in [0.5, 0.6) is 5.75 Å². The highest BCUT2D eigenvalue weighted by atomic mass is 16.5. The first-order valence-corrected chi connectivity index (χ1v) is 11.7. The molecule has 0 aliphatic heterocycles. The fraction of sp³-hybridized carbons (Fsp3) is 0.310. The van der Waals surface area contributed by atoms with Gasteiger partial charge < -0.3 is 15.0 Å². The van der Waals surface area contributed by atoms with Crippen molar-refractivity contribution in [2.45, 2.75) is 46.7 Å². The third-order valence-corrected chi connectivity index (χ3v) is 5.75. The smallest absolute Gasteiger partial charge is 0.261 e. The SMILES string of the molecule is CCNC(=O)[C@@H](Cc1ccccc1)N(Cc1cccc(C)c1)C(=O)COc1cc(C)ccc1C. The Hall–Kier alpha value is -3.60. The molecule has 0 unspecified atom stereocenters. The van der Waals surface area contributed by atoms with Crippen LogP contribution in [0.15, 0.2) is 72.8 Å². The Kier molecular flexibility index (Phi) is 8.86. The first-order chi connectivity index (χ1) is 16.4. The molecule has 0 saturated heterocycles. The Balaban J connectivity index is 1.91. The maximum atomic E-state index is 13.6. The number of hydrogen-bond donors (Lipinski definition) is 1. The van der Waals surface area contributed by atoms with Gasteiger partial charge in [0.05, 0.1) is 0 Å². The summed E-state index contributed by atoms with van der Waals surface area (Å²) in [7, 11) is 0. The quantitative estimate of drug-likeness (QED) is 0.476. The predicted octanol–water partition coefficient (Wildman–Crippen LogP) is 4.77. The summed E-state index contributed by atoms with van der Waals surface area (Å²) in [6.07, 6.45) is 0.424. The van der Waals surface area contributed by atoms with Crippen LogP contribution < -0.4 is 10.1 Å². The molecule has 0 aromatic heterocycles. The van der Waals surface area contributed by atoms with Crippen LogP contribution in [0.2, 0.25) is 0 Å². The van der Waals surface area contributed by atoms with Gasteiger partial charge in [-0.05, 0) is 56.0 Å². The number of ether oxygens (including phenoxy) is 1. The second-order valence-electron chi connectivity index (χ2n) is 8.67. The van der Waals surface area contributed by atoms with E-state index >= 15 is 0 Å². The Morgan fingerprint density at radius 1 is 0.882 bits per heavy atom. The first-order valence-electron chi connectivity index (χ1n) is 11.7. The minimum absolute atomic E-state index is 0.138. The number of aryl methyl sites for hydroxylation is 3. The normalized spacial score (nSPS) is 11.5. The molecule has 2 amide bonds. The highest BCUT2D eigenvalue weighted by Crippen LogP contribution is 2.20. The van der Waals surface area contributed by atoms with Gasteiger partial charge in [-0.25, -0.2) is 0 Å². The topological polar surface area (TPSA) is 58.6 Å². The molecule has 5 nitrogen and oxygen atoms in total. The van der Waals surface area contributed by atoms with E-state index in [1.54, 1.807) is 4.90 Å². The van der Waals surface area contributed by atoms with Gasteiger partial charge in [-0.2, -0.15) is 0 Å². The zero-order valence-corrected chi connectivity index (χ0v) is 20.5. The minimum Gasteiger partial charge on any atom is -0.483 e. The van der Waals surface area contributed by atoms with Gasteiger partial charge >= 0.3 is 0 Å². The molecule has 178 valence electrons. The van der Waals surface area contributed by atoms with Crippen molar-refractivity contribution >= 4 is 11.8 Å². The number of benzene rings is 3. The zero-order chi connectivity index (χ0) is 24.5. The van der Waals surface area contributed by atoms with E-state index in [9.17, 15) is 9.59 Å². The summed E-state index contributed by atoms with van der Waals surface area (Å²) in [6.45, 7) is 8.53. The summed E-state index contributed by atoms with van der Waals surface area (Å²) in [5.74, 6) is 0.287. The summed E-state index contributed by atoms with van der Waals surface area (Å²) in [5.41, 5.74) is 5.11. The van der Waals surface area contributed by atoms with E-state index in [2.05, 4.69) is 5.32 Å². The molecule has 3 rings (SSSR count). The molecule has 3 aromatic carbocycles. The Bertz CT molecular complexity index is 1110. The van der Waals surface area contributed by atoms with E-state index in [0.29, 0.717) is 25.3 Å². The van der Waals surface area contributed by atoms with Gasteiger partial charge in [-0.3, -0.25) is 9.59 Å². The fourth-order valence-corrected chi connectivity index (χ4v) is 3.94. The molecular weight excluding hydrogens is 424 g/mol. The molecule has 1 N–H and O–H groups in total. The highest BCUT2D eigenvalue weighted by Gasteiger charge is 2.30. The second-order valence-corrected chi connectivity index (χ2v) is 8.67. The summed E-state index contributed by atoms with van der Waals surface area (Å²) in [5, 5.41) is 2.92. The lowest BCUT2D eigenvalue weighted by Gasteiger charge is -2.31. The third-order valence-electron chi connectivity index (χ3n) is 5.75. The van der Waals surface area contributed by atoms with Crippen LogP contribution in [-0.4, -0.2) is 35.9 Å². The number of likely N-dealkylation sites (N-methyl/N-ethyl adjacent to an activating group) is 1. The van der Waals surface area contributed by atoms with Crippen LogP contribution in [0.4, 0.5) is 0 Å². The number of amides is 2. The Morgan fingerprint density at radius 2 is 1.59 bits per heavy atom. The van der Waals surface area contributed by atoms with Gasteiger partial charge in [-0.15, -0.1) is 0 Å². The summed E-state index contributed by atoms with van der Waals surface area (Å²) < 4.78 is 5.94. The van der Waals surface area contributed by atoms with Gasteiger partial charge in [0, 0.05) is 19.5 Å². The highest BCUT2D eigenvalue weighted by molar-refractivity contribution is 5.88. The third kappa shape index (κ3) is 6.95. The van der Waals surface area contributed by atoms with Crippen LogP contribution in [-0.2, 0) is 22.6 Å². The molecular formula is C29H34N2O3. The van der Waals surface area contributed by atoms with Gasteiger partial charge in [-0.1, -0.05) is 72.3 Å². The standard InChI is InChI=1S/C29H34N2O3/c1-5-30-29(33)26(18-24-11-7-6-8-12-24)31(19-25-13-9-10-21(2)16-25)28(32)20-34-27-17-22(3)14-15-23(27)4/h6-17,26H,5,18-20H2,1-4H3,(H,30,33)/t26-/m1/s1. The summed E-state index contributed by atoms with van der Waals surface area (Å²) in [4.78, 5) is 28.4. The van der Waals surface area contributed by atoms with Gasteiger partial charge in [0.25, 0.3) is 5.91 Å². The number of rotatable bonds is 10. The second kappa shape index (κ2) is 12.0. The van der Waals surface area contributed by atoms with Crippen LogP contribution in [0.1, 0.15) is 34.7 Å². The van der Waals surface area contributed by atoms with Crippen molar-refractivity contribution in [3.05, 3.63) is 101 Å². The van der Waals surface area contributed by atoms with Gasteiger partial charge in [0.15, 0.2) is 6.61 Å². The fourth-order valence-electron chi connectivity index (χ4n) is 3.94. The molecule has 0 fully saturated rings. The minimum atomic E-state index is -0.655. The largest absolute Gasteiger partial charge is 0.483 e. The number of hydrogen-bond acceptors (Lipinski definition) is 3. The zero-order valence-electron chi connectivity index (χ0n) is 20.5. The molecule has 0 aliphatic rings. The van der Waals surface area contributed by atoms with Crippen LogP contribution in [0.3, 0.4) is 0 Å². The Labute approximate surface area is 202 Å². The van der Waals surface area contributed by atoms with Gasteiger partial charge in [0.1, 0.15) is 11.8 Å². The molecule has 0 heterocycles. The van der Waals surface area contributed by atoms with Crippen molar-refractivity contribution < 1.29 is 14.3 Å². The number of nitrogens with zero attached hydrogens (tertiary/aromatic N) is 1. The predicted molar refractivity (Wildman–Crippen MR) is 136 cm³/mol. The molecule has 0 spiro atoms. The van der Waals surface area contributed by atoms with E-state index in [-0.39, 0.29) is 18.4 Å². The lowest BCUT2D eigenvalue weighted by atomic mass is 10.0. The van der Waals surface area contributed by atoms with Crippen LogP contribution in [0.25, 0.3) is 0 Å². The van der Waals surface area contributed by atoms with Crippen molar-refractivity contribution in [1.29, 1.82) is 0 Å². The molecule has 0 bridgehead atoms. The van der Waals surface area contributed by atoms with Crippen molar-refractivity contribution in [3.8, 4) is 5.75 Å². The van der Waals surface area contributed by atoms with E-state index in [1.165, 1.54) is 0 Å². The molecule has 0 aliphatic carbocycles. The number of carbonyl (C=O) groups is 2. The number of carbonyl (C=O) groups excluding carboxylic acids is 2. The molecule has 5 heteroatoms.